The molecule has 0 bridgehead atoms. The van der Waals surface area contributed by atoms with E-state index in [1.54, 1.807) is 0 Å². The predicted octanol–water partition coefficient (Wildman–Crippen LogP) is 1.82. The summed E-state index contributed by atoms with van der Waals surface area (Å²) in [5.41, 5.74) is 2.36. The first kappa shape index (κ1) is 26.1. The van der Waals surface area contributed by atoms with Crippen molar-refractivity contribution in [3.05, 3.63) is 35.7 Å². The standard InChI is InChI=1S/C23H37N7O3S/c1-16(2)13-19(15-31)25-22-26-21(27-23(28-22)29-34(4,32)33)14-17(3)18-5-7-20(8-6-18)30-11-9-24-10-12-30/h5-8,16-17,19,24,31H,9-15H2,1-4H3,(H2,25,26,27,28,29)/t17?,19-/m1/s1. The summed E-state index contributed by atoms with van der Waals surface area (Å²) >= 11 is 0. The number of sulfonamides is 1. The lowest BCUT2D eigenvalue weighted by atomic mass is 9.97. The van der Waals surface area contributed by atoms with Crippen molar-refractivity contribution in [3.8, 4) is 0 Å². The number of hydrogen-bond donors (Lipinski definition) is 4. The summed E-state index contributed by atoms with van der Waals surface area (Å²) in [5.74, 6) is 1.17. The van der Waals surface area contributed by atoms with Crippen molar-refractivity contribution < 1.29 is 13.5 Å². The average molecular weight is 492 g/mol. The van der Waals surface area contributed by atoms with Gasteiger partial charge in [0.15, 0.2) is 0 Å². The summed E-state index contributed by atoms with van der Waals surface area (Å²) in [7, 11) is -3.55. The van der Waals surface area contributed by atoms with Crippen molar-refractivity contribution >= 4 is 27.6 Å². The summed E-state index contributed by atoms with van der Waals surface area (Å²) in [6.07, 6.45) is 2.29. The Kier molecular flexibility index (Phi) is 9.03. The Morgan fingerprint density at radius 3 is 2.29 bits per heavy atom. The third kappa shape index (κ3) is 8.07. The van der Waals surface area contributed by atoms with Crippen molar-refractivity contribution in [1.82, 2.24) is 20.3 Å². The van der Waals surface area contributed by atoms with E-state index in [0.29, 0.717) is 18.2 Å². The molecule has 3 rings (SSSR count). The SMILES string of the molecule is CC(C)C[C@H](CO)Nc1nc(CC(C)c2ccc(N3CCNCC3)cc2)nc(NS(C)(=O)=O)n1. The maximum absolute atomic E-state index is 11.8. The smallest absolute Gasteiger partial charge is 0.241 e. The van der Waals surface area contributed by atoms with Crippen molar-refractivity contribution in [2.45, 2.75) is 45.6 Å². The number of anilines is 3. The van der Waals surface area contributed by atoms with Crippen LogP contribution in [0.1, 0.15) is 44.5 Å². The van der Waals surface area contributed by atoms with Gasteiger partial charge >= 0.3 is 0 Å². The van der Waals surface area contributed by atoms with Crippen LogP contribution in [0.3, 0.4) is 0 Å². The minimum absolute atomic E-state index is 0.0301. The van der Waals surface area contributed by atoms with Gasteiger partial charge in [0.05, 0.1) is 18.9 Å². The van der Waals surface area contributed by atoms with Crippen molar-refractivity contribution in [2.75, 3.05) is 54.0 Å². The molecule has 1 saturated heterocycles. The molecule has 34 heavy (non-hydrogen) atoms. The second kappa shape index (κ2) is 11.8. The first-order chi connectivity index (χ1) is 16.1. The highest BCUT2D eigenvalue weighted by molar-refractivity contribution is 7.91. The lowest BCUT2D eigenvalue weighted by Gasteiger charge is -2.29. The van der Waals surface area contributed by atoms with Crippen LogP contribution in [0, 0.1) is 5.92 Å². The minimum atomic E-state index is -3.55. The summed E-state index contributed by atoms with van der Waals surface area (Å²) < 4.78 is 25.9. The maximum Gasteiger partial charge on any atom is 0.241 e. The first-order valence-electron chi connectivity index (χ1n) is 11.8. The molecule has 2 atom stereocenters. The van der Waals surface area contributed by atoms with Gasteiger partial charge < -0.3 is 20.6 Å². The fraction of sp³-hybridized carbons (Fsp3) is 0.609. The summed E-state index contributed by atoms with van der Waals surface area (Å²) in [6.45, 7) is 10.1. The number of benzene rings is 1. The van der Waals surface area contributed by atoms with Gasteiger partial charge in [0.1, 0.15) is 5.82 Å². The zero-order valence-electron chi connectivity index (χ0n) is 20.5. The van der Waals surface area contributed by atoms with Crippen molar-refractivity contribution in [3.63, 3.8) is 0 Å². The van der Waals surface area contributed by atoms with Crippen LogP contribution in [0.2, 0.25) is 0 Å². The fourth-order valence-corrected chi connectivity index (χ4v) is 4.47. The van der Waals surface area contributed by atoms with Gasteiger partial charge in [-0.1, -0.05) is 32.9 Å². The number of nitrogens with zero attached hydrogens (tertiary/aromatic N) is 4. The third-order valence-corrected chi connectivity index (χ3v) is 6.25. The fourth-order valence-electron chi connectivity index (χ4n) is 4.05. The number of nitrogens with one attached hydrogen (secondary N) is 3. The number of aliphatic hydroxyl groups is 1. The third-order valence-electron chi connectivity index (χ3n) is 5.70. The Balaban J connectivity index is 1.77. The minimum Gasteiger partial charge on any atom is -0.394 e. The van der Waals surface area contributed by atoms with Gasteiger partial charge in [-0.2, -0.15) is 15.0 Å². The van der Waals surface area contributed by atoms with Crippen LogP contribution in [0.5, 0.6) is 0 Å². The molecule has 11 heteroatoms. The zero-order valence-corrected chi connectivity index (χ0v) is 21.3. The molecular formula is C23H37N7O3S. The largest absolute Gasteiger partial charge is 0.394 e. The van der Waals surface area contributed by atoms with E-state index in [1.807, 2.05) is 0 Å². The monoisotopic (exact) mass is 491 g/mol. The van der Waals surface area contributed by atoms with E-state index in [2.05, 4.69) is 80.2 Å². The topological polar surface area (TPSA) is 132 Å². The lowest BCUT2D eigenvalue weighted by molar-refractivity contribution is 0.259. The average Bonchev–Trinajstić information content (AvgIpc) is 2.77. The number of piperazine rings is 1. The van der Waals surface area contributed by atoms with E-state index >= 15 is 0 Å². The maximum atomic E-state index is 11.8. The number of aromatic nitrogens is 3. The molecule has 10 nitrogen and oxygen atoms in total. The number of rotatable bonds is 11. The van der Waals surface area contributed by atoms with E-state index in [0.717, 1.165) is 44.4 Å². The Morgan fingerprint density at radius 1 is 1.06 bits per heavy atom. The Morgan fingerprint density at radius 2 is 1.71 bits per heavy atom. The van der Waals surface area contributed by atoms with Gasteiger partial charge in [0.25, 0.3) is 0 Å². The van der Waals surface area contributed by atoms with Crippen LogP contribution in [0.25, 0.3) is 0 Å². The zero-order chi connectivity index (χ0) is 24.7. The van der Waals surface area contributed by atoms with Crippen LogP contribution >= 0.6 is 0 Å². The molecule has 0 radical (unpaired) electrons. The van der Waals surface area contributed by atoms with E-state index in [-0.39, 0.29) is 30.5 Å². The molecule has 188 valence electrons. The molecule has 1 fully saturated rings. The van der Waals surface area contributed by atoms with E-state index in [4.69, 9.17) is 0 Å². The summed E-state index contributed by atoms with van der Waals surface area (Å²) in [5, 5.41) is 16.2. The van der Waals surface area contributed by atoms with Crippen LogP contribution in [-0.4, -0.2) is 73.6 Å². The molecule has 1 unspecified atom stereocenters. The lowest BCUT2D eigenvalue weighted by Crippen LogP contribution is -2.43. The molecule has 4 N–H and O–H groups in total. The molecule has 1 aromatic carbocycles. The highest BCUT2D eigenvalue weighted by Gasteiger charge is 2.17. The molecule has 1 aliphatic rings. The first-order valence-corrected chi connectivity index (χ1v) is 13.7. The number of aliphatic hydroxyl groups excluding tert-OH is 1. The normalized spacial score (nSPS) is 16.4. The molecule has 2 aromatic rings. The molecule has 0 amide bonds. The molecule has 0 spiro atoms. The van der Waals surface area contributed by atoms with Gasteiger partial charge in [0, 0.05) is 38.3 Å². The number of hydrogen-bond acceptors (Lipinski definition) is 9. The van der Waals surface area contributed by atoms with E-state index in [1.165, 1.54) is 5.69 Å². The van der Waals surface area contributed by atoms with Crippen LogP contribution in [0.15, 0.2) is 24.3 Å². The second-order valence-corrected chi connectivity index (χ2v) is 11.1. The molecule has 0 aliphatic carbocycles. The highest BCUT2D eigenvalue weighted by atomic mass is 32.2. The van der Waals surface area contributed by atoms with E-state index in [9.17, 15) is 13.5 Å². The van der Waals surface area contributed by atoms with Gasteiger partial charge in [0.2, 0.25) is 21.9 Å². The predicted molar refractivity (Wildman–Crippen MR) is 136 cm³/mol. The molecule has 1 aromatic heterocycles. The van der Waals surface area contributed by atoms with Crippen LogP contribution in [0.4, 0.5) is 17.6 Å². The van der Waals surface area contributed by atoms with Gasteiger partial charge in [-0.05, 0) is 36.0 Å². The van der Waals surface area contributed by atoms with Crippen molar-refractivity contribution in [2.24, 2.45) is 5.92 Å². The highest BCUT2D eigenvalue weighted by Crippen LogP contribution is 2.24. The molecule has 0 saturated carbocycles. The molecular weight excluding hydrogens is 454 g/mol. The second-order valence-electron chi connectivity index (χ2n) is 9.36. The van der Waals surface area contributed by atoms with Crippen LogP contribution < -0.4 is 20.3 Å². The van der Waals surface area contributed by atoms with Gasteiger partial charge in [-0.3, -0.25) is 4.72 Å². The quantitative estimate of drug-likeness (QED) is 0.371. The molecule has 1 aliphatic heterocycles. The van der Waals surface area contributed by atoms with Crippen LogP contribution in [-0.2, 0) is 16.4 Å². The Labute approximate surface area is 202 Å². The Bertz CT molecular complexity index is 1030. The van der Waals surface area contributed by atoms with Gasteiger partial charge in [-0.25, -0.2) is 8.42 Å². The van der Waals surface area contributed by atoms with Crippen molar-refractivity contribution in [1.29, 1.82) is 0 Å². The van der Waals surface area contributed by atoms with Gasteiger partial charge in [-0.15, -0.1) is 0 Å². The molecule has 2 heterocycles. The Hall–Kier alpha value is -2.50. The summed E-state index contributed by atoms with van der Waals surface area (Å²) in [4.78, 5) is 15.4. The van der Waals surface area contributed by atoms with E-state index < -0.39 is 10.0 Å². The summed E-state index contributed by atoms with van der Waals surface area (Å²) in [6, 6.07) is 8.30.